The fraction of sp³-hybridized carbons (Fsp3) is 0.600. The number of likely N-dealkylation sites (N-methyl/N-ethyl adjacent to an activating group) is 1. The molecule has 142 valence electrons. The predicted molar refractivity (Wildman–Crippen MR) is 97.0 cm³/mol. The van der Waals surface area contributed by atoms with E-state index in [1.807, 2.05) is 14.0 Å². The summed E-state index contributed by atoms with van der Waals surface area (Å²) in [5, 5.41) is 0. The van der Waals surface area contributed by atoms with Crippen molar-refractivity contribution in [3.05, 3.63) is 29.8 Å². The Labute approximate surface area is 150 Å². The summed E-state index contributed by atoms with van der Waals surface area (Å²) in [5.41, 5.74) is 0.984. The van der Waals surface area contributed by atoms with Gasteiger partial charge in [-0.1, -0.05) is 17.7 Å². The molecule has 0 amide bonds. The Morgan fingerprint density at radius 1 is 0.920 bits per heavy atom. The summed E-state index contributed by atoms with van der Waals surface area (Å²) in [6.07, 6.45) is 0.373. The number of aryl methyl sites for hydroxylation is 1. The SMILES string of the molecule is Cc1ccc(S(=O)(=O)NCCCNS(=O)(=O)N2CCN(C)CC2)cc1. The third-order valence-corrected chi connectivity index (χ3v) is 7.15. The maximum absolute atomic E-state index is 12.2. The molecule has 0 unspecified atom stereocenters. The molecule has 10 heteroatoms. The van der Waals surface area contributed by atoms with E-state index >= 15 is 0 Å². The molecule has 0 aliphatic carbocycles. The third kappa shape index (κ3) is 6.01. The standard InChI is InChI=1S/C15H26N4O4S2/c1-14-4-6-15(7-5-14)24(20,21)16-8-3-9-17-25(22,23)19-12-10-18(2)11-13-19/h4-7,16-17H,3,8-13H2,1-2H3. The summed E-state index contributed by atoms with van der Waals surface area (Å²) in [6, 6.07) is 6.57. The first-order valence-electron chi connectivity index (χ1n) is 8.20. The van der Waals surface area contributed by atoms with Crippen LogP contribution in [0.25, 0.3) is 0 Å². The van der Waals surface area contributed by atoms with Crippen molar-refractivity contribution < 1.29 is 16.8 Å². The first-order valence-corrected chi connectivity index (χ1v) is 11.1. The zero-order chi connectivity index (χ0) is 18.5. The van der Waals surface area contributed by atoms with E-state index in [-0.39, 0.29) is 18.0 Å². The predicted octanol–water partition coefficient (Wildman–Crippen LogP) is -0.255. The van der Waals surface area contributed by atoms with Crippen LogP contribution in [0.4, 0.5) is 0 Å². The van der Waals surface area contributed by atoms with Gasteiger partial charge >= 0.3 is 0 Å². The molecule has 1 aliphatic heterocycles. The fourth-order valence-electron chi connectivity index (χ4n) is 2.42. The quantitative estimate of drug-likeness (QED) is 0.596. The van der Waals surface area contributed by atoms with Crippen molar-refractivity contribution >= 4 is 20.2 Å². The zero-order valence-electron chi connectivity index (χ0n) is 14.6. The molecular formula is C15H26N4O4S2. The van der Waals surface area contributed by atoms with E-state index in [1.165, 1.54) is 4.31 Å². The average Bonchev–Trinajstić information content (AvgIpc) is 2.55. The van der Waals surface area contributed by atoms with Gasteiger partial charge in [0.15, 0.2) is 0 Å². The van der Waals surface area contributed by atoms with Gasteiger partial charge < -0.3 is 4.90 Å². The van der Waals surface area contributed by atoms with Crippen molar-refractivity contribution in [2.75, 3.05) is 46.3 Å². The Hall–Kier alpha value is -1.04. The van der Waals surface area contributed by atoms with Gasteiger partial charge in [-0.15, -0.1) is 0 Å². The molecule has 1 fully saturated rings. The van der Waals surface area contributed by atoms with E-state index in [4.69, 9.17) is 0 Å². The maximum atomic E-state index is 12.2. The molecule has 0 spiro atoms. The molecule has 1 saturated heterocycles. The summed E-state index contributed by atoms with van der Waals surface area (Å²) < 4.78 is 55.0. The molecule has 1 heterocycles. The van der Waals surface area contributed by atoms with Crippen LogP contribution in [0.2, 0.25) is 0 Å². The number of hydrogen-bond acceptors (Lipinski definition) is 5. The molecule has 0 radical (unpaired) electrons. The summed E-state index contributed by atoms with van der Waals surface area (Å²) in [6.45, 7) is 4.58. The van der Waals surface area contributed by atoms with Crippen LogP contribution in [0.1, 0.15) is 12.0 Å². The van der Waals surface area contributed by atoms with Gasteiger partial charge in [0.2, 0.25) is 10.0 Å². The van der Waals surface area contributed by atoms with Crippen molar-refractivity contribution in [2.24, 2.45) is 0 Å². The lowest BCUT2D eigenvalue weighted by molar-refractivity contribution is 0.221. The van der Waals surface area contributed by atoms with Gasteiger partial charge in [0.25, 0.3) is 10.2 Å². The van der Waals surface area contributed by atoms with Gasteiger partial charge in [-0.05, 0) is 32.5 Å². The number of rotatable bonds is 8. The molecule has 8 nitrogen and oxygen atoms in total. The van der Waals surface area contributed by atoms with Crippen LogP contribution in [0.15, 0.2) is 29.2 Å². The van der Waals surface area contributed by atoms with Gasteiger partial charge in [0.05, 0.1) is 4.90 Å². The normalized spacial score (nSPS) is 17.7. The Morgan fingerprint density at radius 2 is 1.48 bits per heavy atom. The van der Waals surface area contributed by atoms with Crippen LogP contribution in [0.5, 0.6) is 0 Å². The lowest BCUT2D eigenvalue weighted by Gasteiger charge is -2.31. The largest absolute Gasteiger partial charge is 0.304 e. The molecule has 0 saturated carbocycles. The summed E-state index contributed by atoms with van der Waals surface area (Å²) in [7, 11) is -5.11. The lowest BCUT2D eigenvalue weighted by Crippen LogP contribution is -2.51. The van der Waals surface area contributed by atoms with Crippen molar-refractivity contribution in [3.8, 4) is 0 Å². The number of piperazine rings is 1. The van der Waals surface area contributed by atoms with Crippen molar-refractivity contribution in [3.63, 3.8) is 0 Å². The maximum Gasteiger partial charge on any atom is 0.279 e. The minimum Gasteiger partial charge on any atom is -0.304 e. The molecule has 1 aromatic carbocycles. The molecule has 0 bridgehead atoms. The molecular weight excluding hydrogens is 364 g/mol. The van der Waals surface area contributed by atoms with E-state index in [0.29, 0.717) is 32.6 Å². The molecule has 25 heavy (non-hydrogen) atoms. The fourth-order valence-corrected chi connectivity index (χ4v) is 4.72. The first kappa shape index (κ1) is 20.3. The van der Waals surface area contributed by atoms with E-state index < -0.39 is 20.2 Å². The molecule has 1 aliphatic rings. The topological polar surface area (TPSA) is 98.8 Å². The van der Waals surface area contributed by atoms with E-state index in [9.17, 15) is 16.8 Å². The van der Waals surface area contributed by atoms with E-state index in [0.717, 1.165) is 5.56 Å². The average molecular weight is 391 g/mol. The first-order chi connectivity index (χ1) is 11.7. The monoisotopic (exact) mass is 390 g/mol. The van der Waals surface area contributed by atoms with Gasteiger partial charge in [0.1, 0.15) is 0 Å². The molecule has 1 aromatic rings. The highest BCUT2D eigenvalue weighted by Gasteiger charge is 2.24. The highest BCUT2D eigenvalue weighted by molar-refractivity contribution is 7.89. The zero-order valence-corrected chi connectivity index (χ0v) is 16.2. The van der Waals surface area contributed by atoms with E-state index in [1.54, 1.807) is 24.3 Å². The van der Waals surface area contributed by atoms with Gasteiger partial charge in [-0.2, -0.15) is 12.7 Å². The molecule has 2 N–H and O–H groups in total. The minimum absolute atomic E-state index is 0.168. The van der Waals surface area contributed by atoms with Crippen molar-refractivity contribution in [1.29, 1.82) is 0 Å². The second kappa shape index (κ2) is 8.56. The Balaban J connectivity index is 1.74. The highest BCUT2D eigenvalue weighted by atomic mass is 32.2. The van der Waals surface area contributed by atoms with E-state index in [2.05, 4.69) is 14.3 Å². The number of benzene rings is 1. The number of nitrogens with zero attached hydrogens (tertiary/aromatic N) is 2. The highest BCUT2D eigenvalue weighted by Crippen LogP contribution is 2.09. The Morgan fingerprint density at radius 3 is 2.08 bits per heavy atom. The van der Waals surface area contributed by atoms with Crippen molar-refractivity contribution in [2.45, 2.75) is 18.2 Å². The van der Waals surface area contributed by atoms with Crippen LogP contribution in [-0.4, -0.2) is 72.4 Å². The smallest absolute Gasteiger partial charge is 0.279 e. The van der Waals surface area contributed by atoms with Crippen LogP contribution < -0.4 is 9.44 Å². The summed E-state index contributed by atoms with van der Waals surface area (Å²) in [5.74, 6) is 0. The minimum atomic E-state index is -3.56. The molecule has 2 rings (SSSR count). The van der Waals surface area contributed by atoms with Crippen LogP contribution >= 0.6 is 0 Å². The molecule has 0 aromatic heterocycles. The van der Waals surface area contributed by atoms with Crippen LogP contribution in [0, 0.1) is 6.92 Å². The van der Waals surface area contributed by atoms with Gasteiger partial charge in [0, 0.05) is 39.3 Å². The van der Waals surface area contributed by atoms with Crippen LogP contribution in [0.3, 0.4) is 0 Å². The van der Waals surface area contributed by atoms with Gasteiger partial charge in [-0.3, -0.25) is 0 Å². The third-order valence-electron chi connectivity index (χ3n) is 4.06. The van der Waals surface area contributed by atoms with Gasteiger partial charge in [-0.25, -0.2) is 17.9 Å². The Bertz CT molecular complexity index is 755. The summed E-state index contributed by atoms with van der Waals surface area (Å²) >= 11 is 0. The second-order valence-corrected chi connectivity index (χ2v) is 9.69. The van der Waals surface area contributed by atoms with Crippen molar-refractivity contribution in [1.82, 2.24) is 18.6 Å². The summed E-state index contributed by atoms with van der Waals surface area (Å²) in [4.78, 5) is 2.28. The van der Waals surface area contributed by atoms with Crippen LogP contribution in [-0.2, 0) is 20.2 Å². The lowest BCUT2D eigenvalue weighted by atomic mass is 10.2. The second-order valence-electron chi connectivity index (χ2n) is 6.17. The Kier molecular flexibility index (Phi) is 6.94. The number of hydrogen-bond donors (Lipinski definition) is 2. The number of nitrogens with one attached hydrogen (secondary N) is 2. The molecule has 0 atom stereocenters. The number of sulfonamides is 1.